The topological polar surface area (TPSA) is 61.3 Å². The fourth-order valence-corrected chi connectivity index (χ4v) is 1.91. The molecule has 6 heteroatoms. The zero-order valence-corrected chi connectivity index (χ0v) is 13.4. The summed E-state index contributed by atoms with van der Waals surface area (Å²) in [4.78, 5) is 20.4. The van der Waals surface area contributed by atoms with Crippen LogP contribution in [0.3, 0.4) is 0 Å². The quantitative estimate of drug-likeness (QED) is 0.735. The van der Waals surface area contributed by atoms with Crippen LogP contribution in [0.25, 0.3) is 0 Å². The van der Waals surface area contributed by atoms with Crippen LogP contribution < -0.4 is 4.74 Å². The fraction of sp³-hybridized carbons (Fsp3) is 0.353. The van der Waals surface area contributed by atoms with Crippen LogP contribution in [0, 0.1) is 12.7 Å². The summed E-state index contributed by atoms with van der Waals surface area (Å²) in [5.74, 6) is -0.0629. The van der Waals surface area contributed by atoms with Gasteiger partial charge in [0, 0.05) is 30.6 Å². The van der Waals surface area contributed by atoms with Gasteiger partial charge in [0.05, 0.1) is 18.7 Å². The molecule has 0 saturated carbocycles. The number of nitrogens with zero attached hydrogens (tertiary/aromatic N) is 2. The van der Waals surface area contributed by atoms with E-state index in [4.69, 9.17) is 9.47 Å². The number of Topliss-reactive ketones (excluding diaryl/α,β-unsaturated/α-hetero) is 1. The van der Waals surface area contributed by atoms with Crippen molar-refractivity contribution < 1.29 is 18.7 Å². The summed E-state index contributed by atoms with van der Waals surface area (Å²) in [7, 11) is 1.61. The molecule has 2 aromatic rings. The zero-order valence-electron chi connectivity index (χ0n) is 13.4. The van der Waals surface area contributed by atoms with Crippen LogP contribution in [0.15, 0.2) is 30.5 Å². The van der Waals surface area contributed by atoms with E-state index in [2.05, 4.69) is 9.97 Å². The van der Waals surface area contributed by atoms with Crippen LogP contribution >= 0.6 is 0 Å². The van der Waals surface area contributed by atoms with Gasteiger partial charge in [0.1, 0.15) is 23.9 Å². The Morgan fingerprint density at radius 3 is 2.78 bits per heavy atom. The average molecular weight is 318 g/mol. The second-order valence-electron chi connectivity index (χ2n) is 5.25. The molecule has 0 aliphatic carbocycles. The summed E-state index contributed by atoms with van der Waals surface area (Å²) in [5, 5.41) is 0. The number of aromatic nitrogens is 2. The maximum atomic E-state index is 12.8. The van der Waals surface area contributed by atoms with Gasteiger partial charge >= 0.3 is 0 Å². The van der Waals surface area contributed by atoms with Crippen molar-refractivity contribution in [2.24, 2.45) is 0 Å². The molecule has 1 atom stereocenters. The highest BCUT2D eigenvalue weighted by atomic mass is 19.1. The van der Waals surface area contributed by atoms with Crippen molar-refractivity contribution in [3.05, 3.63) is 53.4 Å². The molecule has 0 N–H and O–H groups in total. The standard InChI is InChI=1S/C17H19FN2O3/c1-11-6-15(23-10-12(2)22-3)8-16(20-11)17(21)7-14-5-4-13(18)9-19-14/h4-6,8-9,12H,7,10H2,1-3H3/t12-/m0/s1. The van der Waals surface area contributed by atoms with Crippen LogP contribution in [0.1, 0.15) is 28.8 Å². The molecule has 0 aromatic carbocycles. The molecule has 122 valence electrons. The Kier molecular flexibility index (Phi) is 5.76. The van der Waals surface area contributed by atoms with Crippen molar-refractivity contribution in [1.29, 1.82) is 0 Å². The van der Waals surface area contributed by atoms with Gasteiger partial charge in [-0.15, -0.1) is 0 Å². The van der Waals surface area contributed by atoms with Gasteiger partial charge in [-0.25, -0.2) is 9.37 Å². The van der Waals surface area contributed by atoms with Gasteiger partial charge in [-0.05, 0) is 26.0 Å². The SMILES string of the molecule is CO[C@@H](C)COc1cc(C)nc(C(=O)Cc2ccc(F)cn2)c1. The molecule has 2 rings (SSSR count). The van der Waals surface area contributed by atoms with Crippen molar-refractivity contribution in [2.75, 3.05) is 13.7 Å². The Balaban J connectivity index is 2.10. The van der Waals surface area contributed by atoms with Gasteiger partial charge in [0.15, 0.2) is 5.78 Å². The highest BCUT2D eigenvalue weighted by Gasteiger charge is 2.13. The van der Waals surface area contributed by atoms with Crippen LogP contribution in [0.4, 0.5) is 4.39 Å². The van der Waals surface area contributed by atoms with Gasteiger partial charge in [-0.1, -0.05) is 0 Å². The fourth-order valence-electron chi connectivity index (χ4n) is 1.91. The van der Waals surface area contributed by atoms with Gasteiger partial charge in [0.2, 0.25) is 0 Å². The predicted octanol–water partition coefficient (Wildman–Crippen LogP) is 2.76. The largest absolute Gasteiger partial charge is 0.491 e. The molecule has 5 nitrogen and oxygen atoms in total. The number of rotatable bonds is 7. The van der Waals surface area contributed by atoms with Gasteiger partial charge in [0.25, 0.3) is 0 Å². The first kappa shape index (κ1) is 17.0. The van der Waals surface area contributed by atoms with Crippen molar-refractivity contribution in [3.63, 3.8) is 0 Å². The van der Waals surface area contributed by atoms with Crippen molar-refractivity contribution in [2.45, 2.75) is 26.4 Å². The lowest BCUT2D eigenvalue weighted by atomic mass is 10.1. The second-order valence-corrected chi connectivity index (χ2v) is 5.25. The summed E-state index contributed by atoms with van der Waals surface area (Å²) in [6.45, 7) is 4.06. The number of methoxy groups -OCH3 is 1. The highest BCUT2D eigenvalue weighted by molar-refractivity contribution is 5.95. The molecule has 0 aliphatic rings. The van der Waals surface area contributed by atoms with Gasteiger partial charge in [-0.2, -0.15) is 0 Å². The number of hydrogen-bond acceptors (Lipinski definition) is 5. The Labute approximate surface area is 134 Å². The zero-order chi connectivity index (χ0) is 16.8. The van der Waals surface area contributed by atoms with Crippen LogP contribution in [-0.2, 0) is 11.2 Å². The minimum atomic E-state index is -0.433. The normalized spacial score (nSPS) is 12.0. The number of ketones is 1. The van der Waals surface area contributed by atoms with Gasteiger partial charge < -0.3 is 9.47 Å². The molecule has 0 aliphatic heterocycles. The van der Waals surface area contributed by atoms with Crippen molar-refractivity contribution in [3.8, 4) is 5.75 Å². The Hall–Kier alpha value is -2.34. The van der Waals surface area contributed by atoms with Crippen LogP contribution in [0.2, 0.25) is 0 Å². The summed E-state index contributed by atoms with van der Waals surface area (Å²) in [5.41, 5.74) is 1.48. The lowest BCUT2D eigenvalue weighted by Crippen LogP contribution is -2.16. The van der Waals surface area contributed by atoms with E-state index < -0.39 is 5.82 Å². The van der Waals surface area contributed by atoms with E-state index in [1.807, 2.05) is 6.92 Å². The third-order valence-corrected chi connectivity index (χ3v) is 3.23. The van der Waals surface area contributed by atoms with E-state index in [1.54, 1.807) is 26.2 Å². The first-order valence-corrected chi connectivity index (χ1v) is 7.26. The maximum Gasteiger partial charge on any atom is 0.187 e. The van der Waals surface area contributed by atoms with E-state index in [-0.39, 0.29) is 18.3 Å². The minimum absolute atomic E-state index is 0.0500. The predicted molar refractivity (Wildman–Crippen MR) is 83.2 cm³/mol. The molecule has 2 aromatic heterocycles. The maximum absolute atomic E-state index is 12.8. The van der Waals surface area contributed by atoms with Crippen molar-refractivity contribution >= 4 is 5.78 Å². The lowest BCUT2D eigenvalue weighted by molar-refractivity contribution is 0.0715. The molecular formula is C17H19FN2O3. The summed E-state index contributed by atoms with van der Waals surface area (Å²) >= 11 is 0. The second kappa shape index (κ2) is 7.78. The van der Waals surface area contributed by atoms with Gasteiger partial charge in [-0.3, -0.25) is 9.78 Å². The molecule has 0 fully saturated rings. The number of pyridine rings is 2. The number of halogens is 1. The molecule has 0 saturated heterocycles. The lowest BCUT2D eigenvalue weighted by Gasteiger charge is -2.12. The van der Waals surface area contributed by atoms with E-state index in [0.717, 1.165) is 6.20 Å². The van der Waals surface area contributed by atoms with E-state index in [1.165, 1.54) is 12.1 Å². The molecule has 0 amide bonds. The number of hydrogen-bond donors (Lipinski definition) is 0. The third-order valence-electron chi connectivity index (χ3n) is 3.23. The molecule has 0 bridgehead atoms. The van der Waals surface area contributed by atoms with E-state index in [0.29, 0.717) is 29.4 Å². The number of ether oxygens (including phenoxy) is 2. The van der Waals surface area contributed by atoms with Crippen molar-refractivity contribution in [1.82, 2.24) is 9.97 Å². The molecule has 0 spiro atoms. The summed E-state index contributed by atoms with van der Waals surface area (Å²) in [6.07, 6.45) is 1.10. The minimum Gasteiger partial charge on any atom is -0.491 e. The van der Waals surface area contributed by atoms with Crippen LogP contribution in [0.5, 0.6) is 5.75 Å². The molecule has 0 unspecified atom stereocenters. The summed E-state index contributed by atoms with van der Waals surface area (Å²) in [6, 6.07) is 6.12. The highest BCUT2D eigenvalue weighted by Crippen LogP contribution is 2.16. The summed E-state index contributed by atoms with van der Waals surface area (Å²) < 4.78 is 23.6. The van der Waals surface area contributed by atoms with E-state index >= 15 is 0 Å². The monoisotopic (exact) mass is 318 g/mol. The Morgan fingerprint density at radius 1 is 1.35 bits per heavy atom. The molecular weight excluding hydrogens is 299 g/mol. The van der Waals surface area contributed by atoms with E-state index in [9.17, 15) is 9.18 Å². The first-order chi connectivity index (χ1) is 11.0. The Morgan fingerprint density at radius 2 is 2.13 bits per heavy atom. The molecule has 23 heavy (non-hydrogen) atoms. The number of aryl methyl sites for hydroxylation is 1. The first-order valence-electron chi connectivity index (χ1n) is 7.26. The molecule has 2 heterocycles. The number of carbonyl (C=O) groups is 1. The smallest absolute Gasteiger partial charge is 0.187 e. The third kappa shape index (κ3) is 5.10. The Bertz CT molecular complexity index is 674. The molecule has 0 radical (unpaired) electrons. The number of carbonyl (C=O) groups excluding carboxylic acids is 1. The van der Waals surface area contributed by atoms with Crippen LogP contribution in [-0.4, -0.2) is 35.6 Å². The average Bonchev–Trinajstić information content (AvgIpc) is 2.54.